The highest BCUT2D eigenvalue weighted by atomic mass is 16.5. The zero-order valence-corrected chi connectivity index (χ0v) is 22.0. The van der Waals surface area contributed by atoms with Crippen molar-refractivity contribution in [2.24, 2.45) is 5.73 Å². The molecule has 1 unspecified atom stereocenters. The third kappa shape index (κ3) is 5.20. The zero-order chi connectivity index (χ0) is 27.4. The number of carbonyl (C=O) groups is 2. The van der Waals surface area contributed by atoms with Gasteiger partial charge in [-0.05, 0) is 45.9 Å². The Morgan fingerprint density at radius 2 is 1.79 bits per heavy atom. The molecule has 4 rings (SSSR count). The molecule has 1 aromatic heterocycles. The fourth-order valence-corrected chi connectivity index (χ4v) is 4.65. The van der Waals surface area contributed by atoms with E-state index in [0.29, 0.717) is 39.9 Å². The third-order valence-electron chi connectivity index (χ3n) is 6.16. The maximum absolute atomic E-state index is 13.5. The molecular weight excluding hydrogens is 488 g/mol. The summed E-state index contributed by atoms with van der Waals surface area (Å²) >= 11 is 0. The van der Waals surface area contributed by atoms with E-state index in [1.807, 2.05) is 0 Å². The Morgan fingerprint density at radius 1 is 1.05 bits per heavy atom. The molecule has 200 valence electrons. The van der Waals surface area contributed by atoms with E-state index in [9.17, 15) is 14.4 Å². The molecule has 1 atom stereocenters. The van der Waals surface area contributed by atoms with E-state index in [1.54, 1.807) is 70.2 Å². The number of rotatable bonds is 9. The quantitative estimate of drug-likeness (QED) is 0.247. The second kappa shape index (κ2) is 11.6. The summed E-state index contributed by atoms with van der Waals surface area (Å²) in [5, 5.41) is 3.92. The van der Waals surface area contributed by atoms with Crippen molar-refractivity contribution in [2.45, 2.75) is 39.7 Å². The van der Waals surface area contributed by atoms with Gasteiger partial charge in [-0.15, -0.1) is 0 Å². The van der Waals surface area contributed by atoms with Crippen LogP contribution in [0.1, 0.15) is 39.2 Å². The number of hydrogen-bond acceptors (Lipinski definition) is 9. The number of dihydropyridines is 1. The van der Waals surface area contributed by atoms with E-state index in [4.69, 9.17) is 24.4 Å². The summed E-state index contributed by atoms with van der Waals surface area (Å²) in [5.74, 6) is -2.18. The first-order valence-electron chi connectivity index (χ1n) is 12.6. The highest BCUT2D eigenvalue weighted by Crippen LogP contribution is 2.42. The summed E-state index contributed by atoms with van der Waals surface area (Å²) < 4.78 is 23.0. The van der Waals surface area contributed by atoms with E-state index in [0.717, 1.165) is 0 Å². The normalized spacial score (nSPS) is 15.8. The molecule has 1 aliphatic rings. The molecule has 0 saturated heterocycles. The van der Waals surface area contributed by atoms with Crippen molar-refractivity contribution >= 4 is 33.9 Å². The van der Waals surface area contributed by atoms with Gasteiger partial charge in [-0.1, -0.05) is 24.3 Å². The second-order valence-electron chi connectivity index (χ2n) is 9.16. The van der Waals surface area contributed by atoms with Crippen LogP contribution in [0, 0.1) is 0 Å². The number of para-hydroxylation sites is 2. The number of fused-ring (bicyclic) bond motifs is 2. The average Bonchev–Trinajstić information content (AvgIpc) is 2.88. The molecule has 2 aromatic carbocycles. The van der Waals surface area contributed by atoms with Crippen molar-refractivity contribution in [3.05, 3.63) is 80.8 Å². The van der Waals surface area contributed by atoms with E-state index in [-0.39, 0.29) is 42.0 Å². The van der Waals surface area contributed by atoms with Crippen molar-refractivity contribution in [1.29, 1.82) is 0 Å². The number of allylic oxidation sites excluding steroid dienone is 1. The van der Waals surface area contributed by atoms with Gasteiger partial charge in [0.25, 0.3) is 0 Å². The predicted octanol–water partition coefficient (Wildman–Crippen LogP) is 3.65. The molecule has 0 aliphatic carbocycles. The van der Waals surface area contributed by atoms with Crippen LogP contribution in [0.4, 0.5) is 0 Å². The molecule has 0 radical (unpaired) electrons. The van der Waals surface area contributed by atoms with Gasteiger partial charge in [-0.2, -0.15) is 0 Å². The van der Waals surface area contributed by atoms with Crippen molar-refractivity contribution in [2.75, 3.05) is 26.4 Å². The molecule has 0 spiro atoms. The van der Waals surface area contributed by atoms with Gasteiger partial charge in [0.2, 0.25) is 5.43 Å². The molecule has 38 heavy (non-hydrogen) atoms. The highest BCUT2D eigenvalue weighted by molar-refractivity contribution is 6.02. The zero-order valence-electron chi connectivity index (χ0n) is 22.0. The second-order valence-corrected chi connectivity index (χ2v) is 9.16. The smallest absolute Gasteiger partial charge is 0.337 e. The summed E-state index contributed by atoms with van der Waals surface area (Å²) in [5.41, 5.74) is 7.82. The number of nitrogens with one attached hydrogen (secondary N) is 1. The molecule has 0 amide bonds. The van der Waals surface area contributed by atoms with Gasteiger partial charge in [0.1, 0.15) is 11.2 Å². The Bertz CT molecular complexity index is 1500. The first kappa shape index (κ1) is 27.1. The SMILES string of the molecule is CCOC(=O)C1=C(COCCN)NC(C)=C(C(=O)OC(C)C)C1c1cccc2c(=O)c3ccccc3oc12. The standard InChI is InChI=1S/C29H32N2O7/c1-5-36-28(33)25-21(15-35-14-13-30)31-17(4)23(29(34)37-16(2)3)24(25)19-10-8-11-20-26(32)18-9-6-7-12-22(18)38-27(19)20/h6-12,16,24,31H,5,13-15,30H2,1-4H3. The fourth-order valence-electron chi connectivity index (χ4n) is 4.65. The van der Waals surface area contributed by atoms with E-state index >= 15 is 0 Å². The average molecular weight is 521 g/mol. The summed E-state index contributed by atoms with van der Waals surface area (Å²) in [6.07, 6.45) is -0.401. The summed E-state index contributed by atoms with van der Waals surface area (Å²) in [6.45, 7) is 7.64. The van der Waals surface area contributed by atoms with Gasteiger partial charge >= 0.3 is 11.9 Å². The van der Waals surface area contributed by atoms with Gasteiger partial charge in [0.05, 0.1) is 59.5 Å². The lowest BCUT2D eigenvalue weighted by molar-refractivity contribution is -0.143. The summed E-state index contributed by atoms with van der Waals surface area (Å²) in [7, 11) is 0. The van der Waals surface area contributed by atoms with Gasteiger partial charge < -0.3 is 29.7 Å². The molecule has 0 bridgehead atoms. The predicted molar refractivity (Wildman–Crippen MR) is 143 cm³/mol. The van der Waals surface area contributed by atoms with Gasteiger partial charge in [-0.3, -0.25) is 4.79 Å². The maximum atomic E-state index is 13.5. The molecule has 3 N–H and O–H groups in total. The van der Waals surface area contributed by atoms with Gasteiger partial charge in [-0.25, -0.2) is 9.59 Å². The molecule has 9 nitrogen and oxygen atoms in total. The van der Waals surface area contributed by atoms with Crippen LogP contribution in [0.15, 0.2) is 74.2 Å². The Hall–Kier alpha value is -3.95. The Balaban J connectivity index is 2.04. The van der Waals surface area contributed by atoms with Crippen LogP contribution >= 0.6 is 0 Å². The van der Waals surface area contributed by atoms with Crippen LogP contribution < -0.4 is 16.5 Å². The van der Waals surface area contributed by atoms with Crippen molar-refractivity contribution < 1.29 is 28.2 Å². The monoisotopic (exact) mass is 520 g/mol. The number of ether oxygens (including phenoxy) is 3. The van der Waals surface area contributed by atoms with Crippen LogP contribution in [-0.2, 0) is 23.8 Å². The van der Waals surface area contributed by atoms with Crippen molar-refractivity contribution in [3.8, 4) is 0 Å². The van der Waals surface area contributed by atoms with Crippen LogP contribution in [0.5, 0.6) is 0 Å². The largest absolute Gasteiger partial charge is 0.463 e. The minimum absolute atomic E-state index is 0.0311. The Kier molecular flexibility index (Phi) is 8.29. The summed E-state index contributed by atoms with van der Waals surface area (Å²) in [4.78, 5) is 40.3. The van der Waals surface area contributed by atoms with Crippen LogP contribution in [0.3, 0.4) is 0 Å². The number of nitrogens with two attached hydrogens (primary N) is 1. The van der Waals surface area contributed by atoms with Crippen LogP contribution in [0.2, 0.25) is 0 Å². The van der Waals surface area contributed by atoms with Gasteiger partial charge in [0, 0.05) is 17.8 Å². The molecule has 0 fully saturated rings. The number of hydrogen-bond donors (Lipinski definition) is 2. The molecule has 0 saturated carbocycles. The lowest BCUT2D eigenvalue weighted by Gasteiger charge is -2.32. The summed E-state index contributed by atoms with van der Waals surface area (Å²) in [6, 6.07) is 12.1. The van der Waals surface area contributed by atoms with Crippen LogP contribution in [0.25, 0.3) is 21.9 Å². The number of carbonyl (C=O) groups excluding carboxylic acids is 2. The topological polar surface area (TPSA) is 130 Å². The number of esters is 2. The lowest BCUT2D eigenvalue weighted by Crippen LogP contribution is -2.35. The molecule has 1 aliphatic heterocycles. The minimum Gasteiger partial charge on any atom is -0.463 e. The Labute approximate surface area is 220 Å². The van der Waals surface area contributed by atoms with E-state index in [2.05, 4.69) is 5.32 Å². The molecule has 9 heteroatoms. The van der Waals surface area contributed by atoms with Crippen LogP contribution in [-0.4, -0.2) is 44.4 Å². The van der Waals surface area contributed by atoms with E-state index < -0.39 is 24.0 Å². The maximum Gasteiger partial charge on any atom is 0.337 e. The molecule has 3 aromatic rings. The van der Waals surface area contributed by atoms with Crippen molar-refractivity contribution in [3.63, 3.8) is 0 Å². The highest BCUT2D eigenvalue weighted by Gasteiger charge is 2.40. The van der Waals surface area contributed by atoms with Crippen molar-refractivity contribution in [1.82, 2.24) is 5.32 Å². The lowest BCUT2D eigenvalue weighted by atomic mass is 9.79. The first-order valence-corrected chi connectivity index (χ1v) is 12.6. The Morgan fingerprint density at radius 3 is 2.50 bits per heavy atom. The molecular formula is C29H32N2O7. The molecule has 2 heterocycles. The first-order chi connectivity index (χ1) is 18.3. The fraction of sp³-hybridized carbons (Fsp3) is 0.345. The van der Waals surface area contributed by atoms with Gasteiger partial charge in [0.15, 0.2) is 0 Å². The third-order valence-corrected chi connectivity index (χ3v) is 6.16. The van der Waals surface area contributed by atoms with E-state index in [1.165, 1.54) is 0 Å². The minimum atomic E-state index is -0.953. The number of benzene rings is 2.